The van der Waals surface area contributed by atoms with Crippen LogP contribution in [0.4, 0.5) is 4.39 Å². The third-order valence-electron chi connectivity index (χ3n) is 5.73. The van der Waals surface area contributed by atoms with Gasteiger partial charge in [-0.05, 0) is 56.1 Å². The molecule has 2 aromatic rings. The molecule has 0 fully saturated rings. The lowest BCUT2D eigenvalue weighted by Gasteiger charge is -2.21. The van der Waals surface area contributed by atoms with Gasteiger partial charge in [0, 0.05) is 30.2 Å². The lowest BCUT2D eigenvalue weighted by atomic mass is 10.1. The van der Waals surface area contributed by atoms with Crippen LogP contribution in [-0.2, 0) is 13.1 Å². The molecule has 1 heterocycles. The van der Waals surface area contributed by atoms with Crippen LogP contribution in [0.15, 0.2) is 24.4 Å². The van der Waals surface area contributed by atoms with Gasteiger partial charge in [-0.15, -0.1) is 0 Å². The molecule has 28 heavy (non-hydrogen) atoms. The number of aromatic nitrogens is 1. The van der Waals surface area contributed by atoms with Gasteiger partial charge in [0.25, 0.3) is 0 Å². The van der Waals surface area contributed by atoms with E-state index in [4.69, 9.17) is 0 Å². The molecule has 0 amide bonds. The normalized spacial score (nSPS) is 11.8. The molecule has 0 unspecified atom stereocenters. The van der Waals surface area contributed by atoms with Crippen LogP contribution < -0.4 is 0 Å². The quantitative estimate of drug-likeness (QED) is 0.286. The van der Waals surface area contributed by atoms with Gasteiger partial charge in [-0.25, -0.2) is 4.39 Å². The minimum Gasteiger partial charge on any atom is -0.347 e. The minimum absolute atomic E-state index is 0.125. The maximum atomic E-state index is 14.0. The van der Waals surface area contributed by atoms with Gasteiger partial charge in [0.05, 0.1) is 0 Å². The Kier molecular flexibility index (Phi) is 10.6. The SMILES string of the molecule is CCCCCCCCn1cc(CN(CCCC)CCCC)c2cc(F)ccc21. The number of benzene rings is 1. The second-order valence-electron chi connectivity index (χ2n) is 8.26. The van der Waals surface area contributed by atoms with Crippen LogP contribution in [0.25, 0.3) is 10.9 Å². The second-order valence-corrected chi connectivity index (χ2v) is 8.26. The van der Waals surface area contributed by atoms with Crippen LogP contribution in [-0.4, -0.2) is 22.6 Å². The molecule has 0 saturated carbocycles. The Bertz CT molecular complexity index is 668. The van der Waals surface area contributed by atoms with Gasteiger partial charge in [0.15, 0.2) is 0 Å². The average Bonchev–Trinajstić information content (AvgIpc) is 3.03. The summed E-state index contributed by atoms with van der Waals surface area (Å²) >= 11 is 0. The van der Waals surface area contributed by atoms with Crippen molar-refractivity contribution >= 4 is 10.9 Å². The zero-order chi connectivity index (χ0) is 20.2. The van der Waals surface area contributed by atoms with E-state index in [-0.39, 0.29) is 5.82 Å². The van der Waals surface area contributed by atoms with Crippen molar-refractivity contribution in [3.8, 4) is 0 Å². The molecular weight excluding hydrogens is 347 g/mol. The summed E-state index contributed by atoms with van der Waals surface area (Å²) in [6.45, 7) is 11.0. The Hall–Kier alpha value is -1.35. The lowest BCUT2D eigenvalue weighted by molar-refractivity contribution is 0.258. The highest BCUT2D eigenvalue weighted by molar-refractivity contribution is 5.84. The van der Waals surface area contributed by atoms with E-state index in [1.807, 2.05) is 6.07 Å². The molecule has 0 spiro atoms. The molecule has 0 aliphatic carbocycles. The fourth-order valence-corrected chi connectivity index (χ4v) is 3.99. The van der Waals surface area contributed by atoms with E-state index in [1.54, 1.807) is 12.1 Å². The number of unbranched alkanes of at least 4 members (excludes halogenated alkanes) is 7. The molecule has 2 rings (SSSR count). The Morgan fingerprint density at radius 1 is 0.821 bits per heavy atom. The number of fused-ring (bicyclic) bond motifs is 1. The molecule has 1 aromatic carbocycles. The van der Waals surface area contributed by atoms with Crippen molar-refractivity contribution in [2.45, 2.75) is 98.1 Å². The number of rotatable bonds is 15. The van der Waals surface area contributed by atoms with Crippen LogP contribution in [0.3, 0.4) is 0 Å². The van der Waals surface area contributed by atoms with Crippen molar-refractivity contribution in [2.24, 2.45) is 0 Å². The van der Waals surface area contributed by atoms with E-state index in [0.717, 1.165) is 31.6 Å². The first-order chi connectivity index (χ1) is 13.7. The first-order valence-electron chi connectivity index (χ1n) is 11.7. The molecule has 158 valence electrons. The van der Waals surface area contributed by atoms with Crippen molar-refractivity contribution < 1.29 is 4.39 Å². The molecule has 0 bridgehead atoms. The summed E-state index contributed by atoms with van der Waals surface area (Å²) in [7, 11) is 0. The van der Waals surface area contributed by atoms with Crippen molar-refractivity contribution in [1.29, 1.82) is 0 Å². The van der Waals surface area contributed by atoms with Gasteiger partial charge >= 0.3 is 0 Å². The number of hydrogen-bond donors (Lipinski definition) is 0. The molecule has 0 aliphatic heterocycles. The molecule has 0 radical (unpaired) electrons. The minimum atomic E-state index is -0.125. The summed E-state index contributed by atoms with van der Waals surface area (Å²) in [5.74, 6) is -0.125. The zero-order valence-electron chi connectivity index (χ0n) is 18.5. The Labute approximate surface area is 172 Å². The average molecular weight is 389 g/mol. The van der Waals surface area contributed by atoms with Crippen LogP contribution in [0, 0.1) is 5.82 Å². The summed E-state index contributed by atoms with van der Waals surface area (Å²) in [6, 6.07) is 5.31. The highest BCUT2D eigenvalue weighted by atomic mass is 19.1. The van der Waals surface area contributed by atoms with Gasteiger partial charge < -0.3 is 4.57 Å². The molecule has 1 aromatic heterocycles. The van der Waals surface area contributed by atoms with Crippen molar-refractivity contribution in [2.75, 3.05) is 13.1 Å². The van der Waals surface area contributed by atoms with Crippen LogP contribution >= 0.6 is 0 Å². The fourth-order valence-electron chi connectivity index (χ4n) is 3.99. The lowest BCUT2D eigenvalue weighted by Crippen LogP contribution is -2.25. The van der Waals surface area contributed by atoms with Gasteiger partial charge in [-0.2, -0.15) is 0 Å². The zero-order valence-corrected chi connectivity index (χ0v) is 18.5. The number of aryl methyl sites for hydroxylation is 1. The Morgan fingerprint density at radius 3 is 2.14 bits per heavy atom. The van der Waals surface area contributed by atoms with Crippen LogP contribution in [0.5, 0.6) is 0 Å². The highest BCUT2D eigenvalue weighted by Crippen LogP contribution is 2.25. The largest absolute Gasteiger partial charge is 0.347 e. The van der Waals surface area contributed by atoms with Crippen LogP contribution in [0.2, 0.25) is 0 Å². The van der Waals surface area contributed by atoms with Crippen molar-refractivity contribution in [1.82, 2.24) is 9.47 Å². The Morgan fingerprint density at radius 2 is 1.46 bits per heavy atom. The monoisotopic (exact) mass is 388 g/mol. The van der Waals surface area contributed by atoms with Gasteiger partial charge in [0.2, 0.25) is 0 Å². The van der Waals surface area contributed by atoms with Gasteiger partial charge in [-0.1, -0.05) is 65.7 Å². The summed E-state index contributed by atoms with van der Waals surface area (Å²) in [5, 5.41) is 1.10. The van der Waals surface area contributed by atoms with E-state index in [0.29, 0.717) is 0 Å². The maximum absolute atomic E-state index is 14.0. The number of halogens is 1. The second kappa shape index (κ2) is 13.0. The highest BCUT2D eigenvalue weighted by Gasteiger charge is 2.13. The maximum Gasteiger partial charge on any atom is 0.123 e. The molecule has 0 aliphatic rings. The first-order valence-corrected chi connectivity index (χ1v) is 11.7. The van der Waals surface area contributed by atoms with E-state index >= 15 is 0 Å². The predicted octanol–water partition coefficient (Wildman–Crippen LogP) is 7.54. The topological polar surface area (TPSA) is 8.17 Å². The van der Waals surface area contributed by atoms with Crippen LogP contribution in [0.1, 0.15) is 90.5 Å². The molecule has 0 saturated heterocycles. The summed E-state index contributed by atoms with van der Waals surface area (Å²) in [5.41, 5.74) is 2.48. The third-order valence-corrected chi connectivity index (χ3v) is 5.73. The molecule has 0 N–H and O–H groups in total. The Balaban J connectivity index is 2.09. The number of hydrogen-bond acceptors (Lipinski definition) is 1. The first kappa shape index (κ1) is 22.9. The molecule has 2 nitrogen and oxygen atoms in total. The number of nitrogens with zero attached hydrogens (tertiary/aromatic N) is 2. The van der Waals surface area contributed by atoms with E-state index in [9.17, 15) is 4.39 Å². The molecule has 3 heteroatoms. The predicted molar refractivity (Wildman–Crippen MR) is 120 cm³/mol. The van der Waals surface area contributed by atoms with E-state index in [1.165, 1.54) is 75.3 Å². The summed E-state index contributed by atoms with van der Waals surface area (Å²) < 4.78 is 16.3. The standard InChI is InChI=1S/C25H41FN2/c1-4-7-10-11-12-13-18-28-21-22(24-19-23(26)14-15-25(24)28)20-27(16-8-5-2)17-9-6-3/h14-15,19,21H,4-13,16-18,20H2,1-3H3. The third kappa shape index (κ3) is 7.24. The van der Waals surface area contributed by atoms with E-state index < -0.39 is 0 Å². The van der Waals surface area contributed by atoms with Crippen molar-refractivity contribution in [3.63, 3.8) is 0 Å². The van der Waals surface area contributed by atoms with Crippen molar-refractivity contribution in [3.05, 3.63) is 35.8 Å². The molecule has 0 atom stereocenters. The molecular formula is C25H41FN2. The van der Waals surface area contributed by atoms with Gasteiger partial charge in [0.1, 0.15) is 5.82 Å². The van der Waals surface area contributed by atoms with E-state index in [2.05, 4.69) is 36.4 Å². The smallest absolute Gasteiger partial charge is 0.123 e. The fraction of sp³-hybridized carbons (Fsp3) is 0.680. The summed E-state index contributed by atoms with van der Waals surface area (Å²) in [6.07, 6.45) is 15.0. The van der Waals surface area contributed by atoms with Gasteiger partial charge in [-0.3, -0.25) is 4.90 Å². The summed E-state index contributed by atoms with van der Waals surface area (Å²) in [4.78, 5) is 2.56.